The van der Waals surface area contributed by atoms with E-state index >= 15 is 0 Å². The van der Waals surface area contributed by atoms with E-state index < -0.39 is 10.8 Å². The topological polar surface area (TPSA) is 53.5 Å². The number of hydrogen-bond acceptors (Lipinski definition) is 2. The first-order valence-electron chi connectivity index (χ1n) is 9.13. The van der Waals surface area contributed by atoms with E-state index in [2.05, 4.69) is 29.5 Å². The third-order valence-corrected chi connectivity index (χ3v) is 5.99. The van der Waals surface area contributed by atoms with E-state index in [1.54, 1.807) is 0 Å². The Labute approximate surface area is 162 Å². The van der Waals surface area contributed by atoms with Gasteiger partial charge in [-0.05, 0) is 32.6 Å². The molecule has 1 fully saturated rings. The Morgan fingerprint density at radius 2 is 1.96 bits per heavy atom. The van der Waals surface area contributed by atoms with E-state index in [4.69, 9.17) is 0 Å². The lowest BCUT2D eigenvalue weighted by Crippen LogP contribution is -2.46. The number of guanidine groups is 1. The molecule has 0 aliphatic heterocycles. The van der Waals surface area contributed by atoms with Crippen LogP contribution in [0.5, 0.6) is 0 Å². The quantitative estimate of drug-likeness (QED) is 0.240. The van der Waals surface area contributed by atoms with Crippen molar-refractivity contribution in [2.75, 3.05) is 18.8 Å². The molecule has 0 amide bonds. The fourth-order valence-corrected chi connectivity index (χ4v) is 4.34. The lowest BCUT2D eigenvalue weighted by Gasteiger charge is -2.30. The molecule has 0 spiro atoms. The molecule has 2 N–H and O–H groups in total. The number of halogens is 1. The van der Waals surface area contributed by atoms with E-state index in [1.165, 1.54) is 25.7 Å². The monoisotopic (exact) mass is 457 g/mol. The predicted molar refractivity (Wildman–Crippen MR) is 113 cm³/mol. The van der Waals surface area contributed by atoms with Crippen LogP contribution in [0.3, 0.4) is 0 Å². The molecule has 1 rings (SSSR count). The number of hydrogen-bond donors (Lipinski definition) is 2. The molecule has 0 saturated heterocycles. The summed E-state index contributed by atoms with van der Waals surface area (Å²) in [5.74, 6) is 1.72. The van der Waals surface area contributed by atoms with Crippen LogP contribution in [0.1, 0.15) is 72.1 Å². The molecule has 1 aliphatic rings. The smallest absolute Gasteiger partial charge is 0.191 e. The van der Waals surface area contributed by atoms with Crippen molar-refractivity contribution < 1.29 is 4.21 Å². The number of rotatable bonds is 9. The van der Waals surface area contributed by atoms with Crippen LogP contribution in [-0.4, -0.2) is 40.3 Å². The number of nitrogens with zero attached hydrogens (tertiary/aromatic N) is 1. The second kappa shape index (κ2) is 14.5. The molecule has 1 aliphatic carbocycles. The standard InChI is InChI=1S/C17H35N3OS.HI/c1-4-7-8-9-13-19-17(18-5-2)20-15-11-10-12-16(14-15)22(21)6-3;/h15-16H,4-14H2,1-3H3,(H2,18,19,20);1H. The second-order valence-electron chi connectivity index (χ2n) is 6.12. The van der Waals surface area contributed by atoms with Crippen LogP contribution >= 0.6 is 24.0 Å². The highest BCUT2D eigenvalue weighted by Gasteiger charge is 2.25. The highest BCUT2D eigenvalue weighted by Crippen LogP contribution is 2.22. The number of unbranched alkanes of at least 4 members (excludes halogenated alkanes) is 3. The van der Waals surface area contributed by atoms with Gasteiger partial charge in [0.15, 0.2) is 5.96 Å². The van der Waals surface area contributed by atoms with Gasteiger partial charge < -0.3 is 10.6 Å². The van der Waals surface area contributed by atoms with E-state index in [0.29, 0.717) is 11.3 Å². The molecule has 0 aromatic carbocycles. The Kier molecular flexibility index (Phi) is 14.6. The molecule has 0 radical (unpaired) electrons. The molecular weight excluding hydrogens is 421 g/mol. The summed E-state index contributed by atoms with van der Waals surface area (Å²) in [6.07, 6.45) is 9.45. The molecule has 0 heterocycles. The zero-order valence-electron chi connectivity index (χ0n) is 15.1. The number of nitrogens with one attached hydrogen (secondary N) is 2. The Hall–Kier alpha value is 0.150. The minimum absolute atomic E-state index is 0. The van der Waals surface area contributed by atoms with Crippen LogP contribution in [0.4, 0.5) is 0 Å². The zero-order chi connectivity index (χ0) is 16.2. The van der Waals surface area contributed by atoms with Crippen molar-refractivity contribution in [1.82, 2.24) is 10.6 Å². The van der Waals surface area contributed by atoms with E-state index in [-0.39, 0.29) is 24.0 Å². The van der Waals surface area contributed by atoms with Crippen molar-refractivity contribution in [3.8, 4) is 0 Å². The van der Waals surface area contributed by atoms with E-state index in [0.717, 1.165) is 50.5 Å². The Balaban J connectivity index is 0.00000484. The summed E-state index contributed by atoms with van der Waals surface area (Å²) in [5.41, 5.74) is 0. The zero-order valence-corrected chi connectivity index (χ0v) is 18.3. The summed E-state index contributed by atoms with van der Waals surface area (Å²) in [6, 6.07) is 0.419. The van der Waals surface area contributed by atoms with Gasteiger partial charge in [-0.25, -0.2) is 0 Å². The average molecular weight is 457 g/mol. The van der Waals surface area contributed by atoms with E-state index in [9.17, 15) is 4.21 Å². The minimum atomic E-state index is -0.662. The second-order valence-corrected chi connectivity index (χ2v) is 8.13. The van der Waals surface area contributed by atoms with Gasteiger partial charge >= 0.3 is 0 Å². The predicted octanol–water partition coefficient (Wildman–Crippen LogP) is 3.82. The average Bonchev–Trinajstić information content (AvgIpc) is 2.54. The number of aliphatic imine (C=N–C) groups is 1. The normalized spacial score (nSPS) is 23.0. The summed E-state index contributed by atoms with van der Waals surface area (Å²) in [7, 11) is -0.662. The van der Waals surface area contributed by atoms with E-state index in [1.807, 2.05) is 6.92 Å². The molecule has 1 saturated carbocycles. The van der Waals surface area contributed by atoms with Gasteiger partial charge in [0.05, 0.1) is 0 Å². The fourth-order valence-electron chi connectivity index (χ4n) is 2.99. The van der Waals surface area contributed by atoms with Crippen LogP contribution in [0.25, 0.3) is 0 Å². The molecule has 6 heteroatoms. The molecule has 23 heavy (non-hydrogen) atoms. The molecule has 3 atom stereocenters. The summed E-state index contributed by atoms with van der Waals surface area (Å²) >= 11 is 0. The molecule has 3 unspecified atom stereocenters. The first kappa shape index (κ1) is 23.1. The first-order chi connectivity index (χ1) is 10.7. The van der Waals surface area contributed by atoms with Crippen LogP contribution in [0, 0.1) is 0 Å². The third kappa shape index (κ3) is 9.89. The largest absolute Gasteiger partial charge is 0.357 e. The van der Waals surface area contributed by atoms with Crippen molar-refractivity contribution in [2.45, 2.75) is 83.4 Å². The van der Waals surface area contributed by atoms with Crippen LogP contribution in [-0.2, 0) is 10.8 Å². The Morgan fingerprint density at radius 1 is 1.17 bits per heavy atom. The van der Waals surface area contributed by atoms with Crippen molar-refractivity contribution in [3.63, 3.8) is 0 Å². The first-order valence-corrected chi connectivity index (χ1v) is 10.5. The maximum atomic E-state index is 12.0. The van der Waals surface area contributed by atoms with Crippen molar-refractivity contribution >= 4 is 40.7 Å². The maximum absolute atomic E-state index is 12.0. The van der Waals surface area contributed by atoms with Gasteiger partial charge in [0.2, 0.25) is 0 Å². The molecule has 138 valence electrons. The summed E-state index contributed by atoms with van der Waals surface area (Å²) in [4.78, 5) is 4.69. The van der Waals surface area contributed by atoms with Gasteiger partial charge in [0.25, 0.3) is 0 Å². The van der Waals surface area contributed by atoms with Crippen molar-refractivity contribution in [2.24, 2.45) is 4.99 Å². The van der Waals surface area contributed by atoms with Gasteiger partial charge in [0, 0.05) is 40.9 Å². The molecule has 0 bridgehead atoms. The maximum Gasteiger partial charge on any atom is 0.191 e. The van der Waals surface area contributed by atoms with Gasteiger partial charge in [0.1, 0.15) is 0 Å². The lowest BCUT2D eigenvalue weighted by molar-refractivity contribution is 0.413. The summed E-state index contributed by atoms with van der Waals surface area (Å²) in [5, 5.41) is 7.27. The SMILES string of the molecule is CCCCCCN=C(NCC)NC1CCCC(S(=O)CC)C1.I. The van der Waals surface area contributed by atoms with Crippen molar-refractivity contribution in [1.29, 1.82) is 0 Å². The van der Waals surface area contributed by atoms with Gasteiger partial charge in [-0.1, -0.05) is 39.5 Å². The molecule has 0 aromatic rings. The van der Waals surface area contributed by atoms with Crippen LogP contribution < -0.4 is 10.6 Å². The van der Waals surface area contributed by atoms with Crippen molar-refractivity contribution in [3.05, 3.63) is 0 Å². The molecule has 4 nitrogen and oxygen atoms in total. The molecular formula is C17H36IN3OS. The van der Waals surface area contributed by atoms with Gasteiger partial charge in [-0.2, -0.15) is 0 Å². The van der Waals surface area contributed by atoms with Gasteiger partial charge in [-0.15, -0.1) is 24.0 Å². The fraction of sp³-hybridized carbons (Fsp3) is 0.941. The molecule has 0 aromatic heterocycles. The highest BCUT2D eigenvalue weighted by molar-refractivity contribution is 14.0. The summed E-state index contributed by atoms with van der Waals surface area (Å²) in [6.45, 7) is 8.14. The van der Waals surface area contributed by atoms with Crippen LogP contribution in [0.2, 0.25) is 0 Å². The Bertz CT molecular complexity index is 353. The lowest BCUT2D eigenvalue weighted by atomic mass is 9.95. The third-order valence-electron chi connectivity index (χ3n) is 4.25. The van der Waals surface area contributed by atoms with Gasteiger partial charge in [-0.3, -0.25) is 9.20 Å². The minimum Gasteiger partial charge on any atom is -0.357 e. The highest BCUT2D eigenvalue weighted by atomic mass is 127. The summed E-state index contributed by atoms with van der Waals surface area (Å²) < 4.78 is 12.0. The van der Waals surface area contributed by atoms with Crippen LogP contribution in [0.15, 0.2) is 4.99 Å². The Morgan fingerprint density at radius 3 is 2.61 bits per heavy atom.